The highest BCUT2D eigenvalue weighted by molar-refractivity contribution is 5.99. The highest BCUT2D eigenvalue weighted by Crippen LogP contribution is 2.32. The maximum Gasteiger partial charge on any atom is 0.263 e. The number of nitrogens with zero attached hydrogens (tertiary/aromatic N) is 7. The van der Waals surface area contributed by atoms with Gasteiger partial charge in [0.1, 0.15) is 11.5 Å². The van der Waals surface area contributed by atoms with Gasteiger partial charge in [-0.05, 0) is 51.4 Å². The number of Topliss-reactive ketones (excluding diaryl/α,β-unsaturated/α-hetero) is 1. The number of fused-ring (bicyclic) bond motifs is 1. The van der Waals surface area contributed by atoms with Crippen LogP contribution in [0.15, 0.2) is 29.3 Å². The van der Waals surface area contributed by atoms with Crippen LogP contribution < -0.4 is 21.5 Å². The molecule has 4 heterocycles. The van der Waals surface area contributed by atoms with Crippen LogP contribution in [0, 0.1) is 6.92 Å². The molecule has 0 aromatic carbocycles. The standard InChI is InChI=1S/C29H39N9O3/c1-19-23-17-32-29(34-27(23)38(21-6-4-5-7-21)28(41)26(19)20(2)39)33-24-9-8-22(16-31-24)36-12-14-37(15-13-36)25(40)18-35(3)11-10-30/h8-9,16-17,21H,4-7,10-15,18,30H2,1-3H3,(H,31,32,33,34). The number of ketones is 1. The Kier molecular flexibility index (Phi) is 8.60. The molecule has 1 saturated heterocycles. The van der Waals surface area contributed by atoms with Crippen molar-refractivity contribution >= 4 is 40.2 Å². The van der Waals surface area contributed by atoms with Gasteiger partial charge >= 0.3 is 0 Å². The van der Waals surface area contributed by atoms with Gasteiger partial charge in [-0.3, -0.25) is 23.9 Å². The largest absolute Gasteiger partial charge is 0.367 e. The number of aryl methyl sites for hydroxylation is 1. The molecule has 3 aromatic rings. The number of aromatic nitrogens is 4. The van der Waals surface area contributed by atoms with E-state index in [0.29, 0.717) is 61.1 Å². The second-order valence-electron chi connectivity index (χ2n) is 11.0. The third kappa shape index (κ3) is 6.08. The van der Waals surface area contributed by atoms with Crippen LogP contribution in [0.2, 0.25) is 0 Å². The zero-order valence-electron chi connectivity index (χ0n) is 24.1. The molecule has 218 valence electrons. The van der Waals surface area contributed by atoms with Crippen LogP contribution in [-0.4, -0.2) is 93.9 Å². The monoisotopic (exact) mass is 561 g/mol. The topological polar surface area (TPSA) is 143 Å². The predicted octanol–water partition coefficient (Wildman–Crippen LogP) is 2.10. The van der Waals surface area contributed by atoms with E-state index in [4.69, 9.17) is 10.7 Å². The van der Waals surface area contributed by atoms with Gasteiger partial charge in [-0.1, -0.05) is 12.8 Å². The summed E-state index contributed by atoms with van der Waals surface area (Å²) in [7, 11) is 1.91. The lowest BCUT2D eigenvalue weighted by molar-refractivity contribution is -0.132. The second-order valence-corrected chi connectivity index (χ2v) is 11.0. The molecule has 1 aliphatic heterocycles. The van der Waals surface area contributed by atoms with Crippen LogP contribution in [0.4, 0.5) is 17.5 Å². The molecule has 2 aliphatic rings. The van der Waals surface area contributed by atoms with E-state index in [1.165, 1.54) is 6.92 Å². The van der Waals surface area contributed by atoms with Crippen molar-refractivity contribution in [2.45, 2.75) is 45.6 Å². The molecular weight excluding hydrogens is 522 g/mol. The number of carbonyl (C=O) groups excluding carboxylic acids is 2. The Morgan fingerprint density at radius 2 is 1.83 bits per heavy atom. The van der Waals surface area contributed by atoms with E-state index < -0.39 is 0 Å². The van der Waals surface area contributed by atoms with Crippen LogP contribution in [-0.2, 0) is 4.79 Å². The summed E-state index contributed by atoms with van der Waals surface area (Å²) in [6, 6.07) is 3.88. The van der Waals surface area contributed by atoms with Gasteiger partial charge in [0.05, 0.1) is 24.0 Å². The number of piperazine rings is 1. The average Bonchev–Trinajstić information content (AvgIpc) is 3.48. The number of nitrogens with two attached hydrogens (primary N) is 1. The van der Waals surface area contributed by atoms with Crippen molar-refractivity contribution in [3.63, 3.8) is 0 Å². The van der Waals surface area contributed by atoms with Crippen molar-refractivity contribution in [3.8, 4) is 0 Å². The minimum absolute atomic E-state index is 0.0199. The molecule has 41 heavy (non-hydrogen) atoms. The molecule has 0 bridgehead atoms. The number of hydrogen-bond acceptors (Lipinski definition) is 10. The quantitative estimate of drug-likeness (QED) is 0.373. The first-order chi connectivity index (χ1) is 19.8. The Labute approximate surface area is 239 Å². The number of pyridine rings is 2. The van der Waals surface area contributed by atoms with Crippen molar-refractivity contribution in [1.29, 1.82) is 0 Å². The zero-order chi connectivity index (χ0) is 29.1. The minimum Gasteiger partial charge on any atom is -0.367 e. The molecule has 3 aromatic heterocycles. The number of anilines is 3. The van der Waals surface area contributed by atoms with E-state index in [9.17, 15) is 14.4 Å². The van der Waals surface area contributed by atoms with Gasteiger partial charge in [0, 0.05) is 56.9 Å². The lowest BCUT2D eigenvalue weighted by Gasteiger charge is -2.36. The summed E-state index contributed by atoms with van der Waals surface area (Å²) in [5.41, 5.74) is 7.66. The third-order valence-electron chi connectivity index (χ3n) is 8.15. The zero-order valence-corrected chi connectivity index (χ0v) is 24.1. The van der Waals surface area contributed by atoms with Crippen LogP contribution in [0.25, 0.3) is 11.0 Å². The number of amides is 1. The van der Waals surface area contributed by atoms with Crippen molar-refractivity contribution in [3.05, 3.63) is 46.0 Å². The van der Waals surface area contributed by atoms with E-state index in [0.717, 1.165) is 44.5 Å². The summed E-state index contributed by atoms with van der Waals surface area (Å²) in [6.07, 6.45) is 7.35. The Balaban J connectivity index is 1.30. The van der Waals surface area contributed by atoms with Crippen molar-refractivity contribution < 1.29 is 9.59 Å². The molecule has 3 N–H and O–H groups in total. The average molecular weight is 562 g/mol. The van der Waals surface area contributed by atoms with Gasteiger partial charge in [-0.15, -0.1) is 0 Å². The SMILES string of the molecule is CC(=O)c1c(C)c2cnc(Nc3ccc(N4CCN(C(=O)CN(C)CCN)CC4)cn3)nc2n(C2CCCC2)c1=O. The molecular formula is C29H39N9O3. The smallest absolute Gasteiger partial charge is 0.263 e. The van der Waals surface area contributed by atoms with Gasteiger partial charge in [0.2, 0.25) is 11.9 Å². The minimum atomic E-state index is -0.272. The normalized spacial score (nSPS) is 16.1. The summed E-state index contributed by atoms with van der Waals surface area (Å²) in [6.45, 7) is 7.61. The van der Waals surface area contributed by atoms with E-state index >= 15 is 0 Å². The Hall–Kier alpha value is -3.90. The maximum absolute atomic E-state index is 13.4. The Morgan fingerprint density at radius 3 is 2.46 bits per heavy atom. The van der Waals surface area contributed by atoms with E-state index in [1.807, 2.05) is 29.0 Å². The fourth-order valence-electron chi connectivity index (χ4n) is 5.91. The van der Waals surface area contributed by atoms with Crippen LogP contribution in [0.5, 0.6) is 0 Å². The predicted molar refractivity (Wildman–Crippen MR) is 159 cm³/mol. The summed E-state index contributed by atoms with van der Waals surface area (Å²) in [5, 5.41) is 3.88. The fraction of sp³-hybridized carbons (Fsp3) is 0.517. The maximum atomic E-state index is 13.4. The first-order valence-electron chi connectivity index (χ1n) is 14.3. The first-order valence-corrected chi connectivity index (χ1v) is 14.3. The van der Waals surface area contributed by atoms with E-state index in [2.05, 4.69) is 20.2 Å². The van der Waals surface area contributed by atoms with Crippen LogP contribution in [0.3, 0.4) is 0 Å². The van der Waals surface area contributed by atoms with Crippen molar-refractivity contribution in [2.75, 3.05) is 63.1 Å². The molecule has 12 heteroatoms. The summed E-state index contributed by atoms with van der Waals surface area (Å²) in [4.78, 5) is 58.2. The molecule has 2 fully saturated rings. The highest BCUT2D eigenvalue weighted by atomic mass is 16.2. The number of nitrogens with one attached hydrogen (secondary N) is 1. The molecule has 12 nitrogen and oxygen atoms in total. The molecule has 5 rings (SSSR count). The first kappa shape index (κ1) is 28.6. The van der Waals surface area contributed by atoms with Gasteiger partial charge in [-0.25, -0.2) is 9.97 Å². The number of likely N-dealkylation sites (N-methyl/N-ethyl adjacent to an activating group) is 1. The van der Waals surface area contributed by atoms with Crippen LogP contribution in [0.1, 0.15) is 54.6 Å². The summed E-state index contributed by atoms with van der Waals surface area (Å²) < 4.78 is 1.70. The molecule has 1 saturated carbocycles. The van der Waals surface area contributed by atoms with E-state index in [-0.39, 0.29) is 28.9 Å². The van der Waals surface area contributed by atoms with Crippen LogP contribution >= 0.6 is 0 Å². The van der Waals surface area contributed by atoms with Crippen molar-refractivity contribution in [2.24, 2.45) is 5.73 Å². The third-order valence-corrected chi connectivity index (χ3v) is 8.15. The summed E-state index contributed by atoms with van der Waals surface area (Å²) in [5.74, 6) is 0.804. The molecule has 0 radical (unpaired) electrons. The summed E-state index contributed by atoms with van der Waals surface area (Å²) >= 11 is 0. The van der Waals surface area contributed by atoms with Gasteiger partial charge in [0.15, 0.2) is 5.78 Å². The lowest BCUT2D eigenvalue weighted by Crippen LogP contribution is -2.51. The highest BCUT2D eigenvalue weighted by Gasteiger charge is 2.26. The van der Waals surface area contributed by atoms with Gasteiger partial charge < -0.3 is 20.9 Å². The molecule has 1 aliphatic carbocycles. The number of carbonyl (C=O) groups is 2. The molecule has 1 amide bonds. The Morgan fingerprint density at radius 1 is 1.10 bits per heavy atom. The number of rotatable bonds is 9. The van der Waals surface area contributed by atoms with E-state index in [1.54, 1.807) is 23.9 Å². The number of hydrogen-bond donors (Lipinski definition) is 2. The molecule has 0 spiro atoms. The van der Waals surface area contributed by atoms with Crippen molar-refractivity contribution in [1.82, 2.24) is 29.3 Å². The van der Waals surface area contributed by atoms with Gasteiger partial charge in [-0.2, -0.15) is 4.98 Å². The molecule has 0 atom stereocenters. The fourth-order valence-corrected chi connectivity index (χ4v) is 5.91. The molecule has 0 unspecified atom stereocenters. The lowest BCUT2D eigenvalue weighted by atomic mass is 10.0. The Bertz CT molecular complexity index is 1470. The van der Waals surface area contributed by atoms with Gasteiger partial charge in [0.25, 0.3) is 5.56 Å². The second kappa shape index (κ2) is 12.3.